The third-order valence-electron chi connectivity index (χ3n) is 7.43. The minimum absolute atomic E-state index is 0.0683. The molecular formula is C29H34N8O5S. The molecule has 5 rings (SSSR count). The number of piperazine rings is 1. The largest absolute Gasteiger partial charge is 0.414 e. The van der Waals surface area contributed by atoms with Gasteiger partial charge in [0.25, 0.3) is 0 Å². The Bertz CT molecular complexity index is 1560. The fourth-order valence-electron chi connectivity index (χ4n) is 5.41. The number of aromatic nitrogens is 1. The predicted molar refractivity (Wildman–Crippen MR) is 162 cm³/mol. The second kappa shape index (κ2) is 12.3. The number of carbonyl (C=O) groups excluding carboxylic acids is 4. The fraction of sp³-hybridized carbons (Fsp3) is 0.345. The van der Waals surface area contributed by atoms with Crippen LogP contribution in [0, 0.1) is 0 Å². The Labute approximate surface area is 253 Å². The Morgan fingerprint density at radius 1 is 1.21 bits per heavy atom. The van der Waals surface area contributed by atoms with E-state index in [0.29, 0.717) is 10.9 Å². The van der Waals surface area contributed by atoms with Gasteiger partial charge < -0.3 is 30.5 Å². The Morgan fingerprint density at radius 3 is 2.63 bits per heavy atom. The number of para-hydroxylation sites is 1. The van der Waals surface area contributed by atoms with Gasteiger partial charge in [-0.2, -0.15) is 5.01 Å². The maximum atomic E-state index is 14.1. The number of thiazole rings is 1. The van der Waals surface area contributed by atoms with E-state index in [-0.39, 0.29) is 50.4 Å². The molecular weight excluding hydrogens is 572 g/mol. The Balaban J connectivity index is 1.48. The minimum Gasteiger partial charge on any atom is -0.410 e. The number of hydrazine groups is 1. The predicted octanol–water partition coefficient (Wildman–Crippen LogP) is 2.11. The molecule has 3 heterocycles. The topological polar surface area (TPSA) is 145 Å². The first-order valence-corrected chi connectivity index (χ1v) is 14.5. The standard InChI is InChI=1S/C29H34N8O5S/c1-5-13-35(28(40)31-2)36-17-24(38)37-21(14-18-9-11-20(12-10-18)42-29(41)33(3)4)26(39)34(16-23(36)37)15-19-7-6-8-22-25(19)32-27(30)43-22/h5-12,21,23H,1,13-17H2,2-4H3,(H2,30,32)(H,31,40)/t21-,23+/m0/s1. The number of hydrogen-bond donors (Lipinski definition) is 2. The number of fused-ring (bicyclic) bond motifs is 2. The van der Waals surface area contributed by atoms with Crippen LogP contribution in [0.4, 0.5) is 14.7 Å². The molecule has 0 radical (unpaired) electrons. The van der Waals surface area contributed by atoms with E-state index >= 15 is 0 Å². The zero-order valence-electron chi connectivity index (χ0n) is 24.2. The number of nitrogens with zero attached hydrogens (tertiary/aromatic N) is 6. The summed E-state index contributed by atoms with van der Waals surface area (Å²) in [6, 6.07) is 11.4. The highest BCUT2D eigenvalue weighted by atomic mass is 32.1. The van der Waals surface area contributed by atoms with Crippen molar-refractivity contribution < 1.29 is 23.9 Å². The van der Waals surface area contributed by atoms with Crippen LogP contribution in [0.2, 0.25) is 0 Å². The first kappa shape index (κ1) is 29.8. The molecule has 2 aliphatic rings. The third-order valence-corrected chi connectivity index (χ3v) is 8.28. The summed E-state index contributed by atoms with van der Waals surface area (Å²) in [7, 11) is 4.70. The number of anilines is 1. The number of ether oxygens (including phenoxy) is 1. The number of nitrogens with one attached hydrogen (secondary N) is 1. The van der Waals surface area contributed by atoms with Crippen molar-refractivity contribution in [1.82, 2.24) is 35.0 Å². The molecule has 3 N–H and O–H groups in total. The van der Waals surface area contributed by atoms with Gasteiger partial charge in [0.2, 0.25) is 11.8 Å². The Morgan fingerprint density at radius 2 is 1.95 bits per heavy atom. The van der Waals surface area contributed by atoms with Crippen LogP contribution in [0.25, 0.3) is 10.2 Å². The number of nitrogens with two attached hydrogens (primary N) is 1. The maximum absolute atomic E-state index is 14.1. The zero-order chi connectivity index (χ0) is 30.8. The summed E-state index contributed by atoms with van der Waals surface area (Å²) in [6.07, 6.45) is 0.715. The molecule has 1 aromatic heterocycles. The molecule has 2 atom stereocenters. The molecule has 0 spiro atoms. The molecule has 43 heavy (non-hydrogen) atoms. The molecule has 5 amide bonds. The fourth-order valence-corrected chi connectivity index (χ4v) is 6.19. The van der Waals surface area contributed by atoms with Crippen LogP contribution in [-0.4, -0.2) is 107 Å². The van der Waals surface area contributed by atoms with E-state index in [1.807, 2.05) is 18.2 Å². The molecule has 2 aromatic carbocycles. The second-order valence-corrected chi connectivity index (χ2v) is 11.5. The molecule has 0 saturated carbocycles. The summed E-state index contributed by atoms with van der Waals surface area (Å²) >= 11 is 1.38. The molecule has 0 bridgehead atoms. The van der Waals surface area contributed by atoms with Crippen molar-refractivity contribution in [2.75, 3.05) is 46.5 Å². The van der Waals surface area contributed by atoms with Crippen LogP contribution >= 0.6 is 11.3 Å². The number of amides is 5. The highest BCUT2D eigenvalue weighted by molar-refractivity contribution is 7.22. The molecule has 3 aromatic rings. The third kappa shape index (κ3) is 5.96. The lowest BCUT2D eigenvalue weighted by atomic mass is 9.99. The number of urea groups is 1. The molecule has 14 heteroatoms. The van der Waals surface area contributed by atoms with Crippen LogP contribution < -0.4 is 15.8 Å². The van der Waals surface area contributed by atoms with Gasteiger partial charge in [-0.15, -0.1) is 6.58 Å². The van der Waals surface area contributed by atoms with E-state index in [0.717, 1.165) is 21.3 Å². The van der Waals surface area contributed by atoms with E-state index < -0.39 is 18.3 Å². The van der Waals surface area contributed by atoms with Gasteiger partial charge in [-0.05, 0) is 29.3 Å². The highest BCUT2D eigenvalue weighted by Crippen LogP contribution is 2.32. The molecule has 0 aliphatic carbocycles. The SMILES string of the molecule is C=CCN(C(=O)NC)N1CC(=O)N2[C@@H](Cc3ccc(OC(=O)N(C)C)cc3)C(=O)N(Cc3cccc4sc(N)nc34)C[C@@H]21. The quantitative estimate of drug-likeness (QED) is 0.371. The van der Waals surface area contributed by atoms with Gasteiger partial charge in [-0.25, -0.2) is 14.6 Å². The van der Waals surface area contributed by atoms with Crippen molar-refractivity contribution in [3.8, 4) is 5.75 Å². The van der Waals surface area contributed by atoms with Crippen molar-refractivity contribution >= 4 is 50.6 Å². The number of carbonyl (C=O) groups is 4. The van der Waals surface area contributed by atoms with Gasteiger partial charge in [-0.1, -0.05) is 41.7 Å². The van der Waals surface area contributed by atoms with E-state index in [1.54, 1.807) is 59.2 Å². The first-order valence-electron chi connectivity index (χ1n) is 13.7. The van der Waals surface area contributed by atoms with Gasteiger partial charge in [0.15, 0.2) is 5.13 Å². The summed E-state index contributed by atoms with van der Waals surface area (Å²) in [4.78, 5) is 61.5. The summed E-state index contributed by atoms with van der Waals surface area (Å²) in [5.74, 6) is -0.113. The minimum atomic E-state index is -0.832. The number of nitrogen functional groups attached to an aromatic ring is 1. The van der Waals surface area contributed by atoms with Crippen molar-refractivity contribution in [3.63, 3.8) is 0 Å². The summed E-state index contributed by atoms with van der Waals surface area (Å²) in [5, 5.41) is 6.20. The van der Waals surface area contributed by atoms with E-state index in [2.05, 4.69) is 16.9 Å². The van der Waals surface area contributed by atoms with E-state index in [4.69, 9.17) is 10.5 Å². The van der Waals surface area contributed by atoms with Crippen molar-refractivity contribution in [3.05, 3.63) is 66.2 Å². The average Bonchev–Trinajstić information content (AvgIpc) is 3.53. The zero-order valence-corrected chi connectivity index (χ0v) is 25.0. The molecule has 2 aliphatic heterocycles. The highest BCUT2D eigenvalue weighted by Gasteiger charge is 2.52. The van der Waals surface area contributed by atoms with E-state index in [1.165, 1.54) is 28.3 Å². The summed E-state index contributed by atoms with van der Waals surface area (Å²) in [5.41, 5.74) is 8.33. The number of benzene rings is 2. The van der Waals surface area contributed by atoms with Crippen LogP contribution in [0.5, 0.6) is 5.75 Å². The molecule has 2 saturated heterocycles. The second-order valence-electron chi connectivity index (χ2n) is 10.5. The molecule has 2 fully saturated rings. The van der Waals surface area contributed by atoms with Crippen molar-refractivity contribution in [2.24, 2.45) is 0 Å². The monoisotopic (exact) mass is 606 g/mol. The van der Waals surface area contributed by atoms with E-state index in [9.17, 15) is 19.2 Å². The lowest BCUT2D eigenvalue weighted by Crippen LogP contribution is -2.65. The maximum Gasteiger partial charge on any atom is 0.414 e. The van der Waals surface area contributed by atoms with Gasteiger partial charge >= 0.3 is 12.1 Å². The molecule has 13 nitrogen and oxygen atoms in total. The molecule has 0 unspecified atom stereocenters. The van der Waals surface area contributed by atoms with Crippen LogP contribution in [0.15, 0.2) is 55.1 Å². The van der Waals surface area contributed by atoms with Crippen LogP contribution in [0.1, 0.15) is 11.1 Å². The van der Waals surface area contributed by atoms with Crippen LogP contribution in [-0.2, 0) is 22.6 Å². The van der Waals surface area contributed by atoms with Crippen molar-refractivity contribution in [2.45, 2.75) is 25.2 Å². The first-order chi connectivity index (χ1) is 20.6. The average molecular weight is 607 g/mol. The summed E-state index contributed by atoms with van der Waals surface area (Å²) in [6.45, 7) is 4.32. The van der Waals surface area contributed by atoms with Gasteiger partial charge in [0.05, 0.1) is 29.9 Å². The normalized spacial score (nSPS) is 18.5. The summed E-state index contributed by atoms with van der Waals surface area (Å²) < 4.78 is 6.24. The lowest BCUT2D eigenvalue weighted by Gasteiger charge is -2.46. The van der Waals surface area contributed by atoms with Gasteiger partial charge in [0.1, 0.15) is 18.0 Å². The Kier molecular flexibility index (Phi) is 8.50. The van der Waals surface area contributed by atoms with Crippen LogP contribution in [0.3, 0.4) is 0 Å². The lowest BCUT2D eigenvalue weighted by molar-refractivity contribution is -0.157. The number of hydrogen-bond acceptors (Lipinski definition) is 9. The smallest absolute Gasteiger partial charge is 0.410 e. The van der Waals surface area contributed by atoms with Gasteiger partial charge in [-0.3, -0.25) is 14.6 Å². The molecule has 226 valence electrons. The van der Waals surface area contributed by atoms with Crippen molar-refractivity contribution in [1.29, 1.82) is 0 Å². The number of rotatable bonds is 8. The Hall–Kier alpha value is -4.69. The van der Waals surface area contributed by atoms with Gasteiger partial charge in [0, 0.05) is 34.1 Å².